The van der Waals surface area contributed by atoms with Crippen molar-refractivity contribution in [1.82, 2.24) is 0 Å². The van der Waals surface area contributed by atoms with Crippen LogP contribution in [0.15, 0.2) is 107 Å². The molecular weight excluding hydrogens is 606 g/mol. The highest BCUT2D eigenvalue weighted by Crippen LogP contribution is 2.32. The van der Waals surface area contributed by atoms with Crippen molar-refractivity contribution >= 4 is 29.4 Å². The number of hydrogen-bond donors (Lipinski definition) is 1. The molecule has 3 aromatic carbocycles. The zero-order valence-electron chi connectivity index (χ0n) is 31.0. The van der Waals surface area contributed by atoms with Gasteiger partial charge in [0.05, 0.1) is 18.0 Å². The fourth-order valence-electron chi connectivity index (χ4n) is 5.33. The summed E-state index contributed by atoms with van der Waals surface area (Å²) in [7, 11) is 0. The molecule has 49 heavy (non-hydrogen) atoms. The van der Waals surface area contributed by atoms with E-state index in [4.69, 9.17) is 9.73 Å². The molecule has 0 bridgehead atoms. The number of aliphatic imine (C=N–C) groups is 1. The summed E-state index contributed by atoms with van der Waals surface area (Å²) in [6.07, 6.45) is 14.7. The van der Waals surface area contributed by atoms with Crippen molar-refractivity contribution in [3.63, 3.8) is 0 Å². The van der Waals surface area contributed by atoms with Crippen LogP contribution >= 0.6 is 0 Å². The van der Waals surface area contributed by atoms with Gasteiger partial charge >= 0.3 is 0 Å². The van der Waals surface area contributed by atoms with Crippen molar-refractivity contribution in [2.75, 3.05) is 30.1 Å². The number of benzene rings is 3. The molecule has 0 saturated carbocycles. The van der Waals surface area contributed by atoms with Crippen LogP contribution in [-0.2, 0) is 11.2 Å². The fourth-order valence-corrected chi connectivity index (χ4v) is 5.33. The Morgan fingerprint density at radius 2 is 1.73 bits per heavy atom. The molecule has 5 rings (SSSR count). The van der Waals surface area contributed by atoms with Gasteiger partial charge in [0.15, 0.2) is 0 Å². The van der Waals surface area contributed by atoms with E-state index in [1.54, 1.807) is 12.3 Å². The molecule has 4 nitrogen and oxygen atoms in total. The van der Waals surface area contributed by atoms with Crippen molar-refractivity contribution in [2.24, 2.45) is 4.99 Å². The Labute approximate surface area is 296 Å². The number of nitrogens with one attached hydrogen (secondary N) is 1. The van der Waals surface area contributed by atoms with Gasteiger partial charge < -0.3 is 15.0 Å². The van der Waals surface area contributed by atoms with Crippen molar-refractivity contribution < 1.29 is 9.13 Å². The number of anilines is 2. The number of unbranched alkanes of at least 4 members (excludes halogenated alkanes) is 1. The van der Waals surface area contributed by atoms with E-state index in [1.807, 2.05) is 50.3 Å². The number of hydrogen-bond acceptors (Lipinski definition) is 4. The summed E-state index contributed by atoms with van der Waals surface area (Å²) in [5.74, 6) is -0.152. The fraction of sp³-hybridized carbons (Fsp3) is 0.386. The summed E-state index contributed by atoms with van der Waals surface area (Å²) in [6, 6.07) is 21.7. The SMILES string of the molecule is C=Cc1ccc(NC(C)CC)c(N=CC2=CC=C(CCc3cc(N4CCOC4)ccc3-c3ccc(C)cc3)C=C(F)C2)c1.CC.CCCC. The molecule has 1 N–H and O–H groups in total. The van der Waals surface area contributed by atoms with E-state index in [0.29, 0.717) is 12.8 Å². The van der Waals surface area contributed by atoms with Gasteiger partial charge in [-0.2, -0.15) is 0 Å². The minimum atomic E-state index is -0.152. The molecule has 1 heterocycles. The summed E-state index contributed by atoms with van der Waals surface area (Å²) in [4.78, 5) is 7.04. The van der Waals surface area contributed by atoms with Gasteiger partial charge in [0.1, 0.15) is 12.6 Å². The summed E-state index contributed by atoms with van der Waals surface area (Å²) in [5.41, 5.74) is 10.7. The molecule has 262 valence electrons. The second kappa shape index (κ2) is 21.0. The first-order valence-corrected chi connectivity index (χ1v) is 18.2. The standard InChI is InChI=1S/C38H42FN3O.C4H10.C2H6/c1-5-28(4)41-37-18-12-29(6-2)23-38(37)40-25-31-10-9-30(21-34(39)22-31)11-15-33-24-35(42-19-20-43-26-42)16-17-36(33)32-13-7-27(3)8-14-32;1-3-4-2;1-2/h6-10,12-14,16-18,21,23-25,28,41H,2,5,11,15,19-20,22,26H2,1,3-4H3;3-4H2,1-2H3;1-2H3. The smallest absolute Gasteiger partial charge is 0.119 e. The van der Waals surface area contributed by atoms with Crippen LogP contribution in [0.5, 0.6) is 0 Å². The molecule has 1 aliphatic carbocycles. The Balaban J connectivity index is 0.00000101. The van der Waals surface area contributed by atoms with E-state index >= 15 is 4.39 Å². The Kier molecular flexibility index (Phi) is 16.8. The second-order valence-corrected chi connectivity index (χ2v) is 12.5. The Morgan fingerprint density at radius 3 is 2.39 bits per heavy atom. The zero-order chi connectivity index (χ0) is 35.6. The third-order valence-electron chi connectivity index (χ3n) is 8.62. The predicted molar refractivity (Wildman–Crippen MR) is 213 cm³/mol. The lowest BCUT2D eigenvalue weighted by Gasteiger charge is -2.19. The van der Waals surface area contributed by atoms with Crippen LogP contribution in [0.1, 0.15) is 90.3 Å². The van der Waals surface area contributed by atoms with Crippen molar-refractivity contribution in [3.8, 4) is 11.1 Å². The molecule has 1 atom stereocenters. The lowest BCUT2D eigenvalue weighted by Crippen LogP contribution is -2.18. The highest BCUT2D eigenvalue weighted by molar-refractivity contribution is 5.85. The first-order valence-electron chi connectivity index (χ1n) is 18.2. The van der Waals surface area contributed by atoms with Crippen LogP contribution in [0.4, 0.5) is 21.5 Å². The van der Waals surface area contributed by atoms with Crippen LogP contribution in [0.2, 0.25) is 0 Å². The predicted octanol–water partition coefficient (Wildman–Crippen LogP) is 12.6. The van der Waals surface area contributed by atoms with Gasteiger partial charge in [-0.3, -0.25) is 4.99 Å². The number of nitrogens with zero attached hydrogens (tertiary/aromatic N) is 2. The third kappa shape index (κ3) is 12.3. The summed E-state index contributed by atoms with van der Waals surface area (Å²) >= 11 is 0. The van der Waals surface area contributed by atoms with Crippen LogP contribution < -0.4 is 10.2 Å². The summed E-state index contributed by atoms with van der Waals surface area (Å²) < 4.78 is 20.7. The van der Waals surface area contributed by atoms with Gasteiger partial charge in [0, 0.05) is 30.9 Å². The Morgan fingerprint density at radius 1 is 0.980 bits per heavy atom. The summed E-state index contributed by atoms with van der Waals surface area (Å²) in [6.45, 7) is 20.9. The van der Waals surface area contributed by atoms with Gasteiger partial charge in [0.25, 0.3) is 0 Å². The number of ether oxygens (including phenoxy) is 1. The molecule has 1 fully saturated rings. The van der Waals surface area contributed by atoms with Gasteiger partial charge in [-0.05, 0) is 96.9 Å². The van der Waals surface area contributed by atoms with Gasteiger partial charge in [0.2, 0.25) is 0 Å². The van der Waals surface area contributed by atoms with Gasteiger partial charge in [-0.1, -0.05) is 114 Å². The third-order valence-corrected chi connectivity index (χ3v) is 8.62. The molecule has 1 saturated heterocycles. The molecule has 0 spiro atoms. The number of aryl methyl sites for hydroxylation is 2. The average molecular weight is 664 g/mol. The first kappa shape index (κ1) is 39.2. The lowest BCUT2D eigenvalue weighted by atomic mass is 9.93. The maximum Gasteiger partial charge on any atom is 0.119 e. The van der Waals surface area contributed by atoms with Crippen LogP contribution in [-0.4, -0.2) is 32.1 Å². The second-order valence-electron chi connectivity index (χ2n) is 12.5. The van der Waals surface area contributed by atoms with E-state index in [-0.39, 0.29) is 12.2 Å². The molecule has 5 heteroatoms. The molecular formula is C44H58FN3O. The topological polar surface area (TPSA) is 36.9 Å². The van der Waals surface area contributed by atoms with Crippen LogP contribution in [0.25, 0.3) is 17.2 Å². The maximum absolute atomic E-state index is 15.1. The normalized spacial score (nSPS) is 14.8. The largest absolute Gasteiger partial charge is 0.381 e. The maximum atomic E-state index is 15.1. The molecule has 2 aliphatic rings. The molecule has 1 unspecified atom stereocenters. The molecule has 0 amide bonds. The Hall–Kier alpha value is -4.22. The van der Waals surface area contributed by atoms with Crippen LogP contribution in [0.3, 0.4) is 0 Å². The molecule has 3 aromatic rings. The monoisotopic (exact) mass is 663 g/mol. The van der Waals surface area contributed by atoms with Crippen molar-refractivity contribution in [2.45, 2.75) is 93.0 Å². The molecule has 1 aliphatic heterocycles. The van der Waals surface area contributed by atoms with E-state index in [2.05, 4.69) is 93.9 Å². The Bertz CT molecular complexity index is 1590. The minimum absolute atomic E-state index is 0.152. The van der Waals surface area contributed by atoms with Crippen molar-refractivity contribution in [3.05, 3.63) is 119 Å². The lowest BCUT2D eigenvalue weighted by molar-refractivity contribution is 0.201. The number of halogens is 1. The quantitative estimate of drug-likeness (QED) is 0.196. The summed E-state index contributed by atoms with van der Waals surface area (Å²) in [5, 5.41) is 3.53. The minimum Gasteiger partial charge on any atom is -0.381 e. The highest BCUT2D eigenvalue weighted by Gasteiger charge is 2.16. The molecule has 0 aromatic heterocycles. The van der Waals surface area contributed by atoms with Crippen molar-refractivity contribution in [1.29, 1.82) is 0 Å². The highest BCUT2D eigenvalue weighted by atomic mass is 19.1. The molecule has 0 radical (unpaired) electrons. The average Bonchev–Trinajstić information content (AvgIpc) is 3.62. The zero-order valence-corrected chi connectivity index (χ0v) is 31.0. The van der Waals surface area contributed by atoms with E-state index in [0.717, 1.165) is 60.5 Å². The van der Waals surface area contributed by atoms with Gasteiger partial charge in [-0.25, -0.2) is 4.39 Å². The van der Waals surface area contributed by atoms with E-state index in [9.17, 15) is 0 Å². The van der Waals surface area contributed by atoms with Gasteiger partial charge in [-0.15, -0.1) is 0 Å². The van der Waals surface area contributed by atoms with Crippen LogP contribution in [0, 0.1) is 6.92 Å². The number of rotatable bonds is 12. The van der Waals surface area contributed by atoms with E-state index < -0.39 is 0 Å². The first-order chi connectivity index (χ1) is 23.8. The number of allylic oxidation sites excluding steroid dienone is 6. The van der Waals surface area contributed by atoms with E-state index in [1.165, 1.54) is 40.8 Å².